The molecule has 1 aromatic heterocycles. The van der Waals surface area contributed by atoms with Gasteiger partial charge >= 0.3 is 6.09 Å². The lowest BCUT2D eigenvalue weighted by Crippen LogP contribution is -2.28. The largest absolute Gasteiger partial charge is 0.449 e. The Morgan fingerprint density at radius 3 is 3.00 bits per heavy atom. The number of carbonyl (C=O) groups is 1. The van der Waals surface area contributed by atoms with Crippen LogP contribution in [0.15, 0.2) is 30.7 Å². The van der Waals surface area contributed by atoms with Gasteiger partial charge in [0.2, 0.25) is 0 Å². The second-order valence-electron chi connectivity index (χ2n) is 6.59. The van der Waals surface area contributed by atoms with E-state index >= 15 is 0 Å². The maximum Gasteiger partial charge on any atom is 0.414 e. The molecular formula is C18H24N4O2. The molecule has 0 saturated carbocycles. The monoisotopic (exact) mass is 328 g/mol. The molecule has 0 aliphatic carbocycles. The molecule has 128 valence electrons. The van der Waals surface area contributed by atoms with E-state index in [0.717, 1.165) is 30.9 Å². The van der Waals surface area contributed by atoms with Gasteiger partial charge in [-0.25, -0.2) is 9.78 Å². The molecular weight excluding hydrogens is 304 g/mol. The lowest BCUT2D eigenvalue weighted by molar-refractivity contribution is 0.141. The van der Waals surface area contributed by atoms with Crippen molar-refractivity contribution in [2.45, 2.75) is 26.8 Å². The average Bonchev–Trinajstić information content (AvgIpc) is 3.22. The molecule has 6 nitrogen and oxygen atoms in total. The number of imidazole rings is 1. The zero-order chi connectivity index (χ0) is 17.1. The van der Waals surface area contributed by atoms with E-state index in [2.05, 4.69) is 27.0 Å². The molecule has 0 saturated heterocycles. The third-order valence-corrected chi connectivity index (χ3v) is 4.18. The number of aromatic amines is 1. The molecule has 0 radical (unpaired) electrons. The quantitative estimate of drug-likeness (QED) is 0.915. The number of nitrogens with one attached hydrogen (secondary N) is 1. The van der Waals surface area contributed by atoms with Crippen LogP contribution >= 0.6 is 0 Å². The standard InChI is InChI=1S/C18H24N4O2/c1-13(2)11-24-18(23)21(3)16-5-4-14-6-7-22(17(14)8-16)10-15-9-19-12-20-15/h4-5,8-9,12-13H,6-7,10-11H2,1-3H3,(H,19,20). The van der Waals surface area contributed by atoms with Gasteiger partial charge in [-0.15, -0.1) is 0 Å². The van der Waals surface area contributed by atoms with Crippen LogP contribution in [-0.4, -0.2) is 36.3 Å². The zero-order valence-electron chi connectivity index (χ0n) is 14.5. The first-order valence-corrected chi connectivity index (χ1v) is 8.30. The normalized spacial score (nSPS) is 13.2. The summed E-state index contributed by atoms with van der Waals surface area (Å²) < 4.78 is 5.31. The number of H-pyrrole nitrogens is 1. The molecule has 1 N–H and O–H groups in total. The van der Waals surface area contributed by atoms with Crippen molar-refractivity contribution in [3.63, 3.8) is 0 Å². The molecule has 2 aromatic rings. The van der Waals surface area contributed by atoms with Gasteiger partial charge < -0.3 is 14.6 Å². The summed E-state index contributed by atoms with van der Waals surface area (Å²) in [5, 5.41) is 0. The fourth-order valence-corrected chi connectivity index (χ4v) is 2.82. The summed E-state index contributed by atoms with van der Waals surface area (Å²) in [7, 11) is 1.75. The van der Waals surface area contributed by atoms with Crippen LogP contribution in [-0.2, 0) is 17.7 Å². The molecule has 24 heavy (non-hydrogen) atoms. The SMILES string of the molecule is CC(C)COC(=O)N(C)c1ccc2c(c1)N(Cc1cnc[nH]1)CC2. The van der Waals surface area contributed by atoms with Crippen LogP contribution in [0.5, 0.6) is 0 Å². The molecule has 2 heterocycles. The predicted molar refractivity (Wildman–Crippen MR) is 94.4 cm³/mol. The molecule has 1 aliphatic heterocycles. The van der Waals surface area contributed by atoms with Crippen molar-refractivity contribution in [2.24, 2.45) is 5.92 Å². The van der Waals surface area contributed by atoms with Gasteiger partial charge in [-0.2, -0.15) is 0 Å². The van der Waals surface area contributed by atoms with Crippen molar-refractivity contribution in [3.8, 4) is 0 Å². The van der Waals surface area contributed by atoms with E-state index in [1.165, 1.54) is 11.3 Å². The zero-order valence-corrected chi connectivity index (χ0v) is 14.5. The van der Waals surface area contributed by atoms with E-state index in [0.29, 0.717) is 12.5 Å². The van der Waals surface area contributed by atoms with Gasteiger partial charge in [-0.3, -0.25) is 4.90 Å². The summed E-state index contributed by atoms with van der Waals surface area (Å²) in [4.78, 5) is 23.2. The lowest BCUT2D eigenvalue weighted by atomic mass is 10.1. The highest BCUT2D eigenvalue weighted by molar-refractivity contribution is 5.88. The number of hydrogen-bond donors (Lipinski definition) is 1. The van der Waals surface area contributed by atoms with Crippen molar-refractivity contribution < 1.29 is 9.53 Å². The van der Waals surface area contributed by atoms with Crippen LogP contribution in [0.25, 0.3) is 0 Å². The van der Waals surface area contributed by atoms with Crippen LogP contribution < -0.4 is 9.80 Å². The number of rotatable bonds is 5. The minimum absolute atomic E-state index is 0.318. The number of anilines is 2. The van der Waals surface area contributed by atoms with Crippen molar-refractivity contribution in [1.29, 1.82) is 0 Å². The summed E-state index contributed by atoms with van der Waals surface area (Å²) in [5.41, 5.74) is 4.41. The summed E-state index contributed by atoms with van der Waals surface area (Å²) in [6.07, 6.45) is 4.24. The lowest BCUT2D eigenvalue weighted by Gasteiger charge is -2.22. The van der Waals surface area contributed by atoms with Gasteiger partial charge in [0.15, 0.2) is 0 Å². The van der Waals surface area contributed by atoms with E-state index in [1.54, 1.807) is 18.3 Å². The molecule has 3 rings (SSSR count). The van der Waals surface area contributed by atoms with Gasteiger partial charge in [-0.05, 0) is 30.0 Å². The first kappa shape index (κ1) is 16.4. The molecule has 1 amide bonds. The summed E-state index contributed by atoms with van der Waals surface area (Å²) in [6.45, 7) is 6.24. The van der Waals surface area contributed by atoms with Crippen LogP contribution in [0.4, 0.5) is 16.2 Å². The van der Waals surface area contributed by atoms with Crippen molar-refractivity contribution in [3.05, 3.63) is 42.0 Å². The Labute approximate surface area is 142 Å². The Bertz CT molecular complexity index is 697. The maximum atomic E-state index is 12.2. The summed E-state index contributed by atoms with van der Waals surface area (Å²) >= 11 is 0. The van der Waals surface area contributed by atoms with E-state index < -0.39 is 0 Å². The molecule has 6 heteroatoms. The third-order valence-electron chi connectivity index (χ3n) is 4.18. The molecule has 1 aliphatic rings. The maximum absolute atomic E-state index is 12.2. The van der Waals surface area contributed by atoms with Crippen molar-refractivity contribution in [1.82, 2.24) is 9.97 Å². The first-order valence-electron chi connectivity index (χ1n) is 8.30. The summed E-state index contributed by atoms with van der Waals surface area (Å²) in [5.74, 6) is 0.326. The molecule has 0 fully saturated rings. The Morgan fingerprint density at radius 1 is 1.46 bits per heavy atom. The number of ether oxygens (including phenoxy) is 1. The number of carbonyl (C=O) groups excluding carboxylic acids is 1. The van der Waals surface area contributed by atoms with Crippen LogP contribution in [0, 0.1) is 5.92 Å². The van der Waals surface area contributed by atoms with Gasteiger partial charge in [0.1, 0.15) is 0 Å². The number of fused-ring (bicyclic) bond motifs is 1. The fourth-order valence-electron chi connectivity index (χ4n) is 2.82. The Morgan fingerprint density at radius 2 is 2.29 bits per heavy atom. The van der Waals surface area contributed by atoms with E-state index in [4.69, 9.17) is 4.74 Å². The van der Waals surface area contributed by atoms with E-state index in [9.17, 15) is 4.79 Å². The Balaban J connectivity index is 1.74. The molecule has 1 aromatic carbocycles. The van der Waals surface area contributed by atoms with Crippen LogP contribution in [0.1, 0.15) is 25.1 Å². The molecule has 0 bridgehead atoms. The smallest absolute Gasteiger partial charge is 0.414 e. The minimum atomic E-state index is -0.318. The number of benzene rings is 1. The number of nitrogens with zero attached hydrogens (tertiary/aromatic N) is 3. The third kappa shape index (κ3) is 3.53. The second kappa shape index (κ2) is 6.95. The van der Waals surface area contributed by atoms with Gasteiger partial charge in [0, 0.05) is 31.2 Å². The van der Waals surface area contributed by atoms with Crippen molar-refractivity contribution >= 4 is 17.5 Å². The summed E-state index contributed by atoms with van der Waals surface area (Å²) in [6, 6.07) is 6.15. The van der Waals surface area contributed by atoms with Gasteiger partial charge in [0.05, 0.1) is 25.2 Å². The average molecular weight is 328 g/mol. The molecule has 0 spiro atoms. The topological polar surface area (TPSA) is 61.5 Å². The van der Waals surface area contributed by atoms with E-state index in [-0.39, 0.29) is 6.09 Å². The molecule has 0 unspecified atom stereocenters. The Hall–Kier alpha value is -2.50. The second-order valence-corrected chi connectivity index (χ2v) is 6.59. The van der Waals surface area contributed by atoms with Crippen LogP contribution in [0.3, 0.4) is 0 Å². The number of hydrogen-bond acceptors (Lipinski definition) is 4. The van der Waals surface area contributed by atoms with E-state index in [1.807, 2.05) is 26.1 Å². The Kier molecular flexibility index (Phi) is 4.74. The number of amides is 1. The van der Waals surface area contributed by atoms with Gasteiger partial charge in [0.25, 0.3) is 0 Å². The minimum Gasteiger partial charge on any atom is -0.449 e. The van der Waals surface area contributed by atoms with Gasteiger partial charge in [-0.1, -0.05) is 19.9 Å². The number of aromatic nitrogens is 2. The fraction of sp³-hybridized carbons (Fsp3) is 0.444. The van der Waals surface area contributed by atoms with Crippen LogP contribution in [0.2, 0.25) is 0 Å². The first-order chi connectivity index (χ1) is 11.5. The highest BCUT2D eigenvalue weighted by Crippen LogP contribution is 2.33. The highest BCUT2D eigenvalue weighted by Gasteiger charge is 2.22. The molecule has 0 atom stereocenters. The van der Waals surface area contributed by atoms with Crippen molar-refractivity contribution in [2.75, 3.05) is 30.0 Å². The predicted octanol–water partition coefficient (Wildman–Crippen LogP) is 3.20. The highest BCUT2D eigenvalue weighted by atomic mass is 16.6.